The van der Waals surface area contributed by atoms with Crippen LogP contribution in [0.5, 0.6) is 11.5 Å². The number of benzene rings is 4. The van der Waals surface area contributed by atoms with E-state index >= 15 is 0 Å². The zero-order chi connectivity index (χ0) is 27.5. The second-order valence-corrected chi connectivity index (χ2v) is 10.7. The average molecular weight is 697 g/mol. The van der Waals surface area contributed by atoms with Gasteiger partial charge in [0.15, 0.2) is 11.5 Å². The quantitative estimate of drug-likeness (QED) is 0.130. The average Bonchev–Trinajstić information content (AvgIpc) is 2.91. The highest BCUT2D eigenvalue weighted by Gasteiger charge is 2.36. The summed E-state index contributed by atoms with van der Waals surface area (Å²) < 4.78 is 13.6. The maximum Gasteiger partial charge on any atom is 0.335 e. The first-order chi connectivity index (χ1) is 18.8. The first kappa shape index (κ1) is 26.9. The number of imide groups is 2. The molecular weight excluding hydrogens is 675 g/mol. The number of ether oxygens (including phenoxy) is 2. The number of carbonyl (C=O) groups is 3. The molecule has 0 radical (unpaired) electrons. The molecule has 1 heterocycles. The van der Waals surface area contributed by atoms with Crippen LogP contribution in [0.3, 0.4) is 0 Å². The summed E-state index contributed by atoms with van der Waals surface area (Å²) in [6.07, 6.45) is 1.45. The van der Waals surface area contributed by atoms with Crippen molar-refractivity contribution in [2.45, 2.75) is 13.5 Å². The molecule has 0 aromatic heterocycles. The van der Waals surface area contributed by atoms with Crippen molar-refractivity contribution >= 4 is 78.9 Å². The predicted octanol–water partition coefficient (Wildman–Crippen LogP) is 6.85. The monoisotopic (exact) mass is 696 g/mol. The Hall–Kier alpha value is -3.70. The number of anilines is 1. The standard InChI is InChI=1S/C30H22BrIN2O5/c1-2-38-26-16-19(14-24-28(35)33-30(37)34(29(24)36)23-11-9-22(31)10-12-23)15-25(32)27(26)39-17-18-7-8-20-5-3-4-6-21(20)13-18/h3-16H,2,17H2,1H3,(H,33,35,37)/b24-14+. The molecule has 5 rings (SSSR count). The van der Waals surface area contributed by atoms with Crippen molar-refractivity contribution in [2.24, 2.45) is 0 Å². The van der Waals surface area contributed by atoms with Gasteiger partial charge in [-0.15, -0.1) is 0 Å². The van der Waals surface area contributed by atoms with Crippen LogP contribution in [-0.2, 0) is 16.2 Å². The lowest BCUT2D eigenvalue weighted by molar-refractivity contribution is -0.122. The summed E-state index contributed by atoms with van der Waals surface area (Å²) in [5, 5.41) is 4.54. The highest BCUT2D eigenvalue weighted by molar-refractivity contribution is 14.1. The molecule has 0 spiro atoms. The lowest BCUT2D eigenvalue weighted by Gasteiger charge is -2.26. The summed E-state index contributed by atoms with van der Waals surface area (Å²) >= 11 is 5.48. The molecule has 196 valence electrons. The second-order valence-electron chi connectivity index (χ2n) is 8.67. The Bertz CT molecular complexity index is 1630. The van der Waals surface area contributed by atoms with E-state index in [4.69, 9.17) is 9.47 Å². The van der Waals surface area contributed by atoms with Crippen molar-refractivity contribution in [3.8, 4) is 11.5 Å². The maximum absolute atomic E-state index is 13.3. The first-order valence-electron chi connectivity index (χ1n) is 12.1. The molecule has 1 fully saturated rings. The summed E-state index contributed by atoms with van der Waals surface area (Å²) in [4.78, 5) is 39.3. The van der Waals surface area contributed by atoms with Gasteiger partial charge >= 0.3 is 6.03 Å². The van der Waals surface area contributed by atoms with E-state index in [0.29, 0.717) is 36.0 Å². The van der Waals surface area contributed by atoms with Crippen LogP contribution in [0.2, 0.25) is 0 Å². The Morgan fingerprint density at radius 2 is 1.67 bits per heavy atom. The lowest BCUT2D eigenvalue weighted by atomic mass is 10.1. The molecule has 9 heteroatoms. The van der Waals surface area contributed by atoms with Gasteiger partial charge < -0.3 is 9.47 Å². The summed E-state index contributed by atoms with van der Waals surface area (Å²) in [6.45, 7) is 2.60. The molecule has 4 amide bonds. The Morgan fingerprint density at radius 1 is 0.923 bits per heavy atom. The van der Waals surface area contributed by atoms with Gasteiger partial charge in [0, 0.05) is 4.47 Å². The molecule has 4 aromatic carbocycles. The molecule has 0 unspecified atom stereocenters. The van der Waals surface area contributed by atoms with Gasteiger partial charge in [0.2, 0.25) is 0 Å². The fourth-order valence-electron chi connectivity index (χ4n) is 4.21. The van der Waals surface area contributed by atoms with E-state index in [1.807, 2.05) is 25.1 Å². The van der Waals surface area contributed by atoms with E-state index in [1.54, 1.807) is 36.4 Å². The highest BCUT2D eigenvalue weighted by atomic mass is 127. The third kappa shape index (κ3) is 5.84. The van der Waals surface area contributed by atoms with E-state index < -0.39 is 17.8 Å². The maximum atomic E-state index is 13.3. The first-order valence-corrected chi connectivity index (χ1v) is 13.9. The van der Waals surface area contributed by atoms with Crippen LogP contribution >= 0.6 is 38.5 Å². The third-order valence-electron chi connectivity index (χ3n) is 6.03. The SMILES string of the molecule is CCOc1cc(/C=C2\C(=O)NC(=O)N(c3ccc(Br)cc3)C2=O)cc(I)c1OCc1ccc2ccccc2c1. The molecule has 0 bridgehead atoms. The number of hydrogen-bond donors (Lipinski definition) is 1. The van der Waals surface area contributed by atoms with E-state index in [0.717, 1.165) is 29.3 Å². The summed E-state index contributed by atoms with van der Waals surface area (Å²) in [5.74, 6) is -0.418. The van der Waals surface area contributed by atoms with Gasteiger partial charge in [0.1, 0.15) is 12.2 Å². The number of nitrogens with one attached hydrogen (secondary N) is 1. The Morgan fingerprint density at radius 3 is 2.41 bits per heavy atom. The van der Waals surface area contributed by atoms with Crippen LogP contribution in [0.15, 0.2) is 88.9 Å². The molecule has 0 saturated carbocycles. The minimum absolute atomic E-state index is 0.166. The number of urea groups is 1. The van der Waals surface area contributed by atoms with Gasteiger partial charge in [-0.05, 0) is 100.0 Å². The van der Waals surface area contributed by atoms with Gasteiger partial charge in [0.05, 0.1) is 15.9 Å². The van der Waals surface area contributed by atoms with Gasteiger partial charge in [0.25, 0.3) is 11.8 Å². The van der Waals surface area contributed by atoms with Crippen LogP contribution < -0.4 is 19.7 Å². The van der Waals surface area contributed by atoms with Crippen molar-refractivity contribution in [1.82, 2.24) is 5.32 Å². The van der Waals surface area contributed by atoms with Crippen molar-refractivity contribution in [1.29, 1.82) is 0 Å². The topological polar surface area (TPSA) is 84.9 Å². The van der Waals surface area contributed by atoms with E-state index in [-0.39, 0.29) is 5.57 Å². The van der Waals surface area contributed by atoms with E-state index in [1.165, 1.54) is 6.08 Å². The molecular formula is C30H22BrIN2O5. The normalized spacial score (nSPS) is 14.6. The van der Waals surface area contributed by atoms with Gasteiger partial charge in [-0.1, -0.05) is 52.3 Å². The fraction of sp³-hybridized carbons (Fsp3) is 0.100. The summed E-state index contributed by atoms with van der Waals surface area (Å²) in [5.41, 5.74) is 1.76. The van der Waals surface area contributed by atoms with Gasteiger partial charge in [-0.3, -0.25) is 14.9 Å². The second kappa shape index (κ2) is 11.6. The van der Waals surface area contributed by atoms with Crippen LogP contribution in [0.25, 0.3) is 16.8 Å². The largest absolute Gasteiger partial charge is 0.490 e. The molecule has 7 nitrogen and oxygen atoms in total. The molecule has 39 heavy (non-hydrogen) atoms. The minimum atomic E-state index is -0.800. The third-order valence-corrected chi connectivity index (χ3v) is 7.36. The number of fused-ring (bicyclic) bond motifs is 1. The van der Waals surface area contributed by atoms with Gasteiger partial charge in [-0.2, -0.15) is 0 Å². The van der Waals surface area contributed by atoms with Crippen LogP contribution in [0.4, 0.5) is 10.5 Å². The molecule has 0 aliphatic carbocycles. The van der Waals surface area contributed by atoms with E-state index in [9.17, 15) is 14.4 Å². The number of halogens is 2. The zero-order valence-corrected chi connectivity index (χ0v) is 24.5. The minimum Gasteiger partial charge on any atom is -0.490 e. The van der Waals surface area contributed by atoms with Crippen molar-refractivity contribution in [3.05, 3.63) is 104 Å². The Kier molecular flexibility index (Phi) is 7.99. The summed E-state index contributed by atoms with van der Waals surface area (Å²) in [6, 6.07) is 23.7. The molecule has 1 aliphatic rings. The van der Waals surface area contributed by atoms with Crippen molar-refractivity contribution in [2.75, 3.05) is 11.5 Å². The van der Waals surface area contributed by atoms with Crippen molar-refractivity contribution in [3.63, 3.8) is 0 Å². The van der Waals surface area contributed by atoms with Crippen LogP contribution in [-0.4, -0.2) is 24.5 Å². The molecule has 4 aromatic rings. The van der Waals surface area contributed by atoms with Crippen LogP contribution in [0.1, 0.15) is 18.1 Å². The summed E-state index contributed by atoms with van der Waals surface area (Å²) in [7, 11) is 0. The Balaban J connectivity index is 1.43. The molecule has 1 aliphatic heterocycles. The Labute approximate surface area is 247 Å². The molecule has 0 atom stereocenters. The van der Waals surface area contributed by atoms with E-state index in [2.05, 4.69) is 68.1 Å². The lowest BCUT2D eigenvalue weighted by Crippen LogP contribution is -2.54. The zero-order valence-electron chi connectivity index (χ0n) is 20.7. The molecule has 1 N–H and O–H groups in total. The molecule has 1 saturated heterocycles. The fourth-order valence-corrected chi connectivity index (χ4v) is 5.25. The number of rotatable bonds is 7. The number of hydrogen-bond acceptors (Lipinski definition) is 5. The number of nitrogens with zero attached hydrogens (tertiary/aromatic N) is 1. The number of carbonyl (C=O) groups excluding carboxylic acids is 3. The number of amides is 4. The smallest absolute Gasteiger partial charge is 0.335 e. The highest BCUT2D eigenvalue weighted by Crippen LogP contribution is 2.36. The number of barbiturate groups is 1. The predicted molar refractivity (Wildman–Crippen MR) is 162 cm³/mol. The van der Waals surface area contributed by atoms with Gasteiger partial charge in [-0.25, -0.2) is 9.69 Å². The van der Waals surface area contributed by atoms with Crippen molar-refractivity contribution < 1.29 is 23.9 Å². The van der Waals surface area contributed by atoms with Crippen LogP contribution in [0, 0.1) is 3.57 Å².